The SMILES string of the molecule is N#Cc1cc2c(oc3cccc(-c4ccc(-c5ccc(-c6nc(-c7ccccc7)nc(-c7ccccc7)n6)cc5)cc4)c32)c2ccccc12. The zero-order chi connectivity index (χ0) is 32.7. The molecule has 5 nitrogen and oxygen atoms in total. The highest BCUT2D eigenvalue weighted by Gasteiger charge is 2.17. The molecule has 0 atom stereocenters. The second-order valence-corrected chi connectivity index (χ2v) is 11.9. The lowest BCUT2D eigenvalue weighted by molar-refractivity contribution is 0.673. The van der Waals surface area contributed by atoms with Crippen LogP contribution in [-0.2, 0) is 0 Å². The summed E-state index contributed by atoms with van der Waals surface area (Å²) in [5, 5.41) is 13.7. The van der Waals surface area contributed by atoms with Gasteiger partial charge in [0.25, 0.3) is 0 Å². The van der Waals surface area contributed by atoms with Gasteiger partial charge in [-0.05, 0) is 34.4 Å². The zero-order valence-electron chi connectivity index (χ0n) is 26.2. The first-order chi connectivity index (χ1) is 24.2. The second-order valence-electron chi connectivity index (χ2n) is 11.9. The maximum Gasteiger partial charge on any atom is 0.164 e. The fourth-order valence-electron chi connectivity index (χ4n) is 6.57. The second kappa shape index (κ2) is 11.7. The van der Waals surface area contributed by atoms with Gasteiger partial charge in [-0.2, -0.15) is 5.26 Å². The summed E-state index contributed by atoms with van der Waals surface area (Å²) in [6, 6.07) is 55.3. The van der Waals surface area contributed by atoms with Crippen LogP contribution in [-0.4, -0.2) is 15.0 Å². The van der Waals surface area contributed by atoms with Crippen LogP contribution in [0.2, 0.25) is 0 Å². The third-order valence-corrected chi connectivity index (χ3v) is 8.99. The van der Waals surface area contributed by atoms with E-state index in [1.165, 1.54) is 0 Å². The Labute approximate surface area is 282 Å². The van der Waals surface area contributed by atoms with E-state index in [-0.39, 0.29) is 0 Å². The molecule has 5 heteroatoms. The van der Waals surface area contributed by atoms with Gasteiger partial charge >= 0.3 is 0 Å². The minimum atomic E-state index is 0.627. The average molecular weight is 627 g/mol. The topological polar surface area (TPSA) is 75.6 Å². The lowest BCUT2D eigenvalue weighted by atomic mass is 9.95. The molecule has 7 aromatic carbocycles. The molecule has 0 aliphatic heterocycles. The van der Waals surface area contributed by atoms with Gasteiger partial charge in [0.05, 0.1) is 11.6 Å². The molecule has 0 unspecified atom stereocenters. The maximum atomic E-state index is 9.94. The molecular formula is C44H26N4O. The molecule has 0 aliphatic carbocycles. The fraction of sp³-hybridized carbons (Fsp3) is 0. The summed E-state index contributed by atoms with van der Waals surface area (Å²) in [7, 11) is 0. The Balaban J connectivity index is 1.07. The van der Waals surface area contributed by atoms with E-state index in [4.69, 9.17) is 19.4 Å². The van der Waals surface area contributed by atoms with Crippen LogP contribution in [0.1, 0.15) is 5.56 Å². The van der Waals surface area contributed by atoms with Gasteiger partial charge in [-0.15, -0.1) is 0 Å². The van der Waals surface area contributed by atoms with E-state index in [1.54, 1.807) is 0 Å². The Hall–Kier alpha value is -6.90. The van der Waals surface area contributed by atoms with E-state index in [9.17, 15) is 5.26 Å². The predicted octanol–water partition coefficient (Wildman–Crippen LogP) is 11.1. The van der Waals surface area contributed by atoms with Crippen molar-refractivity contribution < 1.29 is 4.42 Å². The number of aromatic nitrogens is 3. The van der Waals surface area contributed by atoms with Crippen molar-refractivity contribution in [2.45, 2.75) is 0 Å². The van der Waals surface area contributed by atoms with Gasteiger partial charge in [0, 0.05) is 38.2 Å². The highest BCUT2D eigenvalue weighted by atomic mass is 16.3. The third-order valence-electron chi connectivity index (χ3n) is 8.99. The van der Waals surface area contributed by atoms with Crippen LogP contribution in [0.25, 0.3) is 89.1 Å². The molecule has 9 aromatic rings. The molecule has 9 rings (SSSR count). The van der Waals surface area contributed by atoms with Gasteiger partial charge in [-0.1, -0.05) is 146 Å². The van der Waals surface area contributed by atoms with Gasteiger partial charge in [-0.25, -0.2) is 15.0 Å². The molecule has 228 valence electrons. The number of fused-ring (bicyclic) bond motifs is 5. The van der Waals surface area contributed by atoms with Crippen molar-refractivity contribution >= 4 is 32.7 Å². The van der Waals surface area contributed by atoms with Gasteiger partial charge in [-0.3, -0.25) is 0 Å². The maximum absolute atomic E-state index is 9.94. The molecule has 2 aromatic heterocycles. The quantitative estimate of drug-likeness (QED) is 0.190. The molecule has 0 aliphatic rings. The van der Waals surface area contributed by atoms with Crippen molar-refractivity contribution in [3.05, 3.63) is 163 Å². The Kier molecular flexibility index (Phi) is 6.78. The molecule has 49 heavy (non-hydrogen) atoms. The van der Waals surface area contributed by atoms with Gasteiger partial charge in [0.15, 0.2) is 17.5 Å². The summed E-state index contributed by atoms with van der Waals surface area (Å²) in [6.45, 7) is 0. The predicted molar refractivity (Wildman–Crippen MR) is 197 cm³/mol. The molecule has 0 N–H and O–H groups in total. The van der Waals surface area contributed by atoms with Gasteiger partial charge in [0.2, 0.25) is 0 Å². The van der Waals surface area contributed by atoms with Crippen molar-refractivity contribution in [3.63, 3.8) is 0 Å². The molecule has 0 fully saturated rings. The first-order valence-corrected chi connectivity index (χ1v) is 16.1. The van der Waals surface area contributed by atoms with E-state index in [1.807, 2.05) is 103 Å². The Morgan fingerprint density at radius 2 is 0.918 bits per heavy atom. The lowest BCUT2D eigenvalue weighted by Gasteiger charge is -2.10. The molecule has 2 heterocycles. The zero-order valence-corrected chi connectivity index (χ0v) is 26.2. The number of furan rings is 1. The number of benzene rings is 7. The van der Waals surface area contributed by atoms with Gasteiger partial charge < -0.3 is 4.42 Å². The van der Waals surface area contributed by atoms with E-state index >= 15 is 0 Å². The smallest absolute Gasteiger partial charge is 0.164 e. The van der Waals surface area contributed by atoms with Crippen LogP contribution < -0.4 is 0 Å². The first kappa shape index (κ1) is 28.3. The molecule has 0 amide bonds. The number of nitriles is 1. The molecule has 0 saturated carbocycles. The molecule has 0 radical (unpaired) electrons. The van der Waals surface area contributed by atoms with Gasteiger partial charge in [0.1, 0.15) is 11.2 Å². The highest BCUT2D eigenvalue weighted by molar-refractivity contribution is 6.20. The third kappa shape index (κ3) is 5.00. The lowest BCUT2D eigenvalue weighted by Crippen LogP contribution is -2.00. The van der Waals surface area contributed by atoms with Crippen LogP contribution in [0.4, 0.5) is 0 Å². The number of hydrogen-bond acceptors (Lipinski definition) is 5. The number of rotatable bonds is 5. The minimum absolute atomic E-state index is 0.627. The Morgan fingerprint density at radius 3 is 1.49 bits per heavy atom. The monoisotopic (exact) mass is 626 g/mol. The van der Waals surface area contributed by atoms with Crippen molar-refractivity contribution in [2.24, 2.45) is 0 Å². The van der Waals surface area contributed by atoms with Crippen LogP contribution in [0.15, 0.2) is 162 Å². The first-order valence-electron chi connectivity index (χ1n) is 16.1. The van der Waals surface area contributed by atoms with E-state index in [2.05, 4.69) is 60.7 Å². The van der Waals surface area contributed by atoms with Crippen molar-refractivity contribution in [2.75, 3.05) is 0 Å². The minimum Gasteiger partial charge on any atom is -0.455 e. The summed E-state index contributed by atoms with van der Waals surface area (Å²) in [5.74, 6) is 1.91. The average Bonchev–Trinajstić information content (AvgIpc) is 3.57. The van der Waals surface area contributed by atoms with E-state index < -0.39 is 0 Å². The number of nitrogens with zero attached hydrogens (tertiary/aromatic N) is 4. The summed E-state index contributed by atoms with van der Waals surface area (Å²) < 4.78 is 6.41. The Morgan fingerprint density at radius 1 is 0.429 bits per heavy atom. The summed E-state index contributed by atoms with van der Waals surface area (Å²) in [5.41, 5.74) is 9.38. The highest BCUT2D eigenvalue weighted by Crippen LogP contribution is 2.41. The summed E-state index contributed by atoms with van der Waals surface area (Å²) in [6.07, 6.45) is 0. The van der Waals surface area contributed by atoms with Crippen LogP contribution in [0, 0.1) is 11.3 Å². The molecule has 0 bridgehead atoms. The fourth-order valence-corrected chi connectivity index (χ4v) is 6.57. The van der Waals surface area contributed by atoms with Crippen molar-refractivity contribution in [1.82, 2.24) is 15.0 Å². The largest absolute Gasteiger partial charge is 0.455 e. The van der Waals surface area contributed by atoms with Crippen molar-refractivity contribution in [1.29, 1.82) is 5.26 Å². The molecule has 0 spiro atoms. The number of hydrogen-bond donors (Lipinski definition) is 0. The normalized spacial score (nSPS) is 11.2. The van der Waals surface area contributed by atoms with Crippen molar-refractivity contribution in [3.8, 4) is 62.5 Å². The Bertz CT molecular complexity index is 2630. The standard InChI is InChI=1S/C44H26N4O/c45-27-34-26-38-40-36(16-9-17-39(40)49-41(38)37-15-8-7-14-35(34)37)30-22-18-28(19-23-30)29-20-24-33(25-21-29)44-47-42(31-10-3-1-4-11-31)46-43(48-44)32-12-5-2-6-13-32/h1-26H. The van der Waals surface area contributed by atoms with Crippen LogP contribution in [0.3, 0.4) is 0 Å². The molecular weight excluding hydrogens is 601 g/mol. The van der Waals surface area contributed by atoms with E-state index in [0.717, 1.165) is 71.7 Å². The van der Waals surface area contributed by atoms with Crippen LogP contribution >= 0.6 is 0 Å². The summed E-state index contributed by atoms with van der Waals surface area (Å²) in [4.78, 5) is 14.5. The van der Waals surface area contributed by atoms with Crippen LogP contribution in [0.5, 0.6) is 0 Å². The summed E-state index contributed by atoms with van der Waals surface area (Å²) >= 11 is 0. The molecule has 0 saturated heterocycles. The van der Waals surface area contributed by atoms with E-state index in [0.29, 0.717) is 23.0 Å².